The van der Waals surface area contributed by atoms with Gasteiger partial charge in [0.05, 0.1) is 12.7 Å². The number of carbonyl (C=O) groups excluding carboxylic acids is 1. The first kappa shape index (κ1) is 16.8. The number of piperidine rings is 1. The Morgan fingerprint density at radius 3 is 3.12 bits per heavy atom. The number of likely N-dealkylation sites (tertiary alicyclic amines) is 1. The number of nitrogens with one attached hydrogen (secondary N) is 1. The zero-order valence-electron chi connectivity index (χ0n) is 15.0. The number of nitrogens with zero attached hydrogens (tertiary/aromatic N) is 3. The zero-order chi connectivity index (χ0) is 17.2. The molecule has 0 aromatic carbocycles. The first-order chi connectivity index (χ1) is 12.2. The van der Waals surface area contributed by atoms with Crippen molar-refractivity contribution in [3.05, 3.63) is 23.3 Å². The molecule has 2 saturated heterocycles. The van der Waals surface area contributed by atoms with Gasteiger partial charge in [-0.2, -0.15) is 5.10 Å². The first-order valence-corrected chi connectivity index (χ1v) is 9.64. The van der Waals surface area contributed by atoms with Crippen molar-refractivity contribution in [2.75, 3.05) is 19.7 Å². The Labute approximate surface area is 149 Å². The van der Waals surface area contributed by atoms with E-state index in [4.69, 9.17) is 4.74 Å². The summed E-state index contributed by atoms with van der Waals surface area (Å²) < 4.78 is 6.05. The van der Waals surface area contributed by atoms with Crippen LogP contribution in [0.15, 0.2) is 11.6 Å². The van der Waals surface area contributed by atoms with Crippen LogP contribution in [0.2, 0.25) is 0 Å². The van der Waals surface area contributed by atoms with E-state index in [0.717, 1.165) is 57.0 Å². The van der Waals surface area contributed by atoms with E-state index >= 15 is 0 Å². The highest BCUT2D eigenvalue weighted by Gasteiger charge is 2.42. The van der Waals surface area contributed by atoms with Crippen molar-refractivity contribution in [2.45, 2.75) is 58.0 Å². The molecule has 2 aliphatic heterocycles. The SMILES string of the molecule is Cc1nc(C[C@H]2OC[C@H]3CN(C(=O)CC4=CCCCC4)CC[C@H]32)n[nH]1. The lowest BCUT2D eigenvalue weighted by Crippen LogP contribution is -2.44. The maximum atomic E-state index is 12.7. The van der Waals surface area contributed by atoms with E-state index in [0.29, 0.717) is 24.2 Å². The summed E-state index contributed by atoms with van der Waals surface area (Å²) in [5.41, 5.74) is 1.35. The molecule has 0 saturated carbocycles. The third-order valence-electron chi connectivity index (χ3n) is 5.94. The van der Waals surface area contributed by atoms with Gasteiger partial charge < -0.3 is 9.64 Å². The van der Waals surface area contributed by atoms with Crippen LogP contribution in [0, 0.1) is 18.8 Å². The van der Waals surface area contributed by atoms with Crippen molar-refractivity contribution in [1.82, 2.24) is 20.1 Å². The smallest absolute Gasteiger partial charge is 0.226 e. The fourth-order valence-electron chi connectivity index (χ4n) is 4.56. The van der Waals surface area contributed by atoms with Crippen molar-refractivity contribution in [3.63, 3.8) is 0 Å². The van der Waals surface area contributed by atoms with Gasteiger partial charge in [0.25, 0.3) is 0 Å². The summed E-state index contributed by atoms with van der Waals surface area (Å²) in [6.07, 6.45) is 9.65. The summed E-state index contributed by atoms with van der Waals surface area (Å²) in [7, 11) is 0. The summed E-state index contributed by atoms with van der Waals surface area (Å²) in [4.78, 5) is 19.1. The number of aromatic amines is 1. The van der Waals surface area contributed by atoms with Gasteiger partial charge in [0.2, 0.25) is 5.91 Å². The van der Waals surface area contributed by atoms with E-state index in [1.165, 1.54) is 18.4 Å². The topological polar surface area (TPSA) is 71.1 Å². The average molecular weight is 344 g/mol. The van der Waals surface area contributed by atoms with Crippen LogP contribution in [0.25, 0.3) is 0 Å². The Bertz CT molecular complexity index is 654. The second kappa shape index (κ2) is 7.28. The minimum atomic E-state index is 0.193. The van der Waals surface area contributed by atoms with Crippen LogP contribution < -0.4 is 0 Å². The first-order valence-electron chi connectivity index (χ1n) is 9.64. The predicted molar refractivity (Wildman–Crippen MR) is 93.9 cm³/mol. The summed E-state index contributed by atoms with van der Waals surface area (Å²) in [6, 6.07) is 0. The largest absolute Gasteiger partial charge is 0.377 e. The van der Waals surface area contributed by atoms with Gasteiger partial charge in [0, 0.05) is 31.8 Å². The second-order valence-electron chi connectivity index (χ2n) is 7.75. The molecule has 6 heteroatoms. The van der Waals surface area contributed by atoms with Crippen LogP contribution in [0.3, 0.4) is 0 Å². The molecule has 136 valence electrons. The second-order valence-corrected chi connectivity index (χ2v) is 7.75. The molecule has 3 heterocycles. The summed E-state index contributed by atoms with van der Waals surface area (Å²) >= 11 is 0. The van der Waals surface area contributed by atoms with Crippen LogP contribution in [-0.4, -0.2) is 51.8 Å². The lowest BCUT2D eigenvalue weighted by Gasteiger charge is -2.36. The van der Waals surface area contributed by atoms with Gasteiger partial charge in [-0.3, -0.25) is 9.89 Å². The van der Waals surface area contributed by atoms with Gasteiger partial charge in [-0.1, -0.05) is 11.6 Å². The standard InChI is InChI=1S/C19H28N4O2/c1-13-20-18(22-21-13)10-17-16-7-8-23(11-15(16)12-25-17)19(24)9-14-5-3-2-4-6-14/h5,15-17H,2-4,6-12H2,1H3,(H,20,21,22)/t15-,16-,17-/m1/s1. The number of amides is 1. The van der Waals surface area contributed by atoms with Crippen molar-refractivity contribution in [2.24, 2.45) is 11.8 Å². The number of rotatable bonds is 4. The Hall–Kier alpha value is -1.69. The number of allylic oxidation sites excluding steroid dienone is 1. The maximum absolute atomic E-state index is 12.7. The number of hydrogen-bond acceptors (Lipinski definition) is 4. The third-order valence-corrected chi connectivity index (χ3v) is 5.94. The Morgan fingerprint density at radius 2 is 2.36 bits per heavy atom. The van der Waals surface area contributed by atoms with Crippen LogP contribution in [0.5, 0.6) is 0 Å². The van der Waals surface area contributed by atoms with E-state index in [9.17, 15) is 4.79 Å². The van der Waals surface area contributed by atoms with Gasteiger partial charge in [-0.15, -0.1) is 0 Å². The van der Waals surface area contributed by atoms with Crippen LogP contribution in [0.1, 0.15) is 50.2 Å². The molecule has 3 aliphatic rings. The average Bonchev–Trinajstić information content (AvgIpc) is 3.22. The monoisotopic (exact) mass is 344 g/mol. The Morgan fingerprint density at radius 1 is 1.44 bits per heavy atom. The number of hydrogen-bond donors (Lipinski definition) is 1. The number of H-pyrrole nitrogens is 1. The van der Waals surface area contributed by atoms with Gasteiger partial charge >= 0.3 is 0 Å². The molecule has 1 aliphatic carbocycles. The highest BCUT2D eigenvalue weighted by molar-refractivity contribution is 5.78. The van der Waals surface area contributed by atoms with Gasteiger partial charge in [-0.25, -0.2) is 4.98 Å². The summed E-state index contributed by atoms with van der Waals surface area (Å²) in [5, 5.41) is 7.14. The highest BCUT2D eigenvalue weighted by atomic mass is 16.5. The van der Waals surface area contributed by atoms with E-state index in [1.54, 1.807) is 0 Å². The molecule has 2 fully saturated rings. The molecule has 0 unspecified atom stereocenters. The predicted octanol–water partition coefficient (Wildman–Crippen LogP) is 2.41. The third kappa shape index (κ3) is 3.78. The molecule has 4 rings (SSSR count). The number of carbonyl (C=O) groups is 1. The zero-order valence-corrected chi connectivity index (χ0v) is 15.0. The van der Waals surface area contributed by atoms with Crippen molar-refractivity contribution < 1.29 is 9.53 Å². The lowest BCUT2D eigenvalue weighted by atomic mass is 9.83. The van der Waals surface area contributed by atoms with Gasteiger partial charge in [0.15, 0.2) is 5.82 Å². The normalized spacial score (nSPS) is 29.4. The summed E-state index contributed by atoms with van der Waals surface area (Å²) in [6.45, 7) is 4.38. The molecule has 0 bridgehead atoms. The van der Waals surface area contributed by atoms with E-state index in [1.807, 2.05) is 6.92 Å². The lowest BCUT2D eigenvalue weighted by molar-refractivity contribution is -0.132. The number of aryl methyl sites for hydroxylation is 1. The van der Waals surface area contributed by atoms with E-state index < -0.39 is 0 Å². The quantitative estimate of drug-likeness (QED) is 0.852. The van der Waals surface area contributed by atoms with Crippen molar-refractivity contribution >= 4 is 5.91 Å². The fraction of sp³-hybridized carbons (Fsp3) is 0.737. The number of aromatic nitrogens is 3. The fourth-order valence-corrected chi connectivity index (χ4v) is 4.56. The molecule has 1 aromatic rings. The van der Waals surface area contributed by atoms with Crippen molar-refractivity contribution in [3.8, 4) is 0 Å². The minimum Gasteiger partial charge on any atom is -0.377 e. The van der Waals surface area contributed by atoms with Crippen LogP contribution >= 0.6 is 0 Å². The molecule has 1 aromatic heterocycles. The molecule has 0 spiro atoms. The molecule has 6 nitrogen and oxygen atoms in total. The van der Waals surface area contributed by atoms with Crippen LogP contribution in [0.4, 0.5) is 0 Å². The van der Waals surface area contributed by atoms with Crippen molar-refractivity contribution in [1.29, 1.82) is 0 Å². The molecule has 0 radical (unpaired) electrons. The number of fused-ring (bicyclic) bond motifs is 1. The molecular weight excluding hydrogens is 316 g/mol. The van der Waals surface area contributed by atoms with E-state index in [-0.39, 0.29) is 6.10 Å². The van der Waals surface area contributed by atoms with Crippen LogP contribution in [-0.2, 0) is 16.0 Å². The van der Waals surface area contributed by atoms with Gasteiger partial charge in [-0.05, 0) is 44.9 Å². The molecule has 3 atom stereocenters. The summed E-state index contributed by atoms with van der Waals surface area (Å²) in [5.74, 6) is 2.98. The Balaban J connectivity index is 1.32. The highest BCUT2D eigenvalue weighted by Crippen LogP contribution is 2.36. The molecule has 1 amide bonds. The molecular formula is C19H28N4O2. The van der Waals surface area contributed by atoms with E-state index in [2.05, 4.69) is 26.2 Å². The Kier molecular flexibility index (Phi) is 4.88. The maximum Gasteiger partial charge on any atom is 0.226 e. The number of ether oxygens (including phenoxy) is 1. The molecule has 25 heavy (non-hydrogen) atoms. The molecule has 1 N–H and O–H groups in total. The van der Waals surface area contributed by atoms with Gasteiger partial charge in [0.1, 0.15) is 5.82 Å². The minimum absolute atomic E-state index is 0.193.